The van der Waals surface area contributed by atoms with Crippen LogP contribution in [0, 0.1) is 5.41 Å². The van der Waals surface area contributed by atoms with E-state index in [-0.39, 0.29) is 29.4 Å². The zero-order chi connectivity index (χ0) is 15.4. The number of benzene rings is 1. The van der Waals surface area contributed by atoms with E-state index in [0.717, 1.165) is 45.2 Å². The van der Waals surface area contributed by atoms with E-state index in [2.05, 4.69) is 57.8 Å². The fourth-order valence-electron chi connectivity index (χ4n) is 2.99. The van der Waals surface area contributed by atoms with Gasteiger partial charge in [0.25, 0.3) is 0 Å². The molecule has 0 saturated carbocycles. The summed E-state index contributed by atoms with van der Waals surface area (Å²) < 4.78 is 5.29. The predicted octanol–water partition coefficient (Wildman–Crippen LogP) is 2.08. The van der Waals surface area contributed by atoms with Crippen LogP contribution in [0.25, 0.3) is 0 Å². The van der Waals surface area contributed by atoms with Gasteiger partial charge in [-0.3, -0.25) is 4.99 Å². The number of rotatable bonds is 4. The first-order chi connectivity index (χ1) is 10.7. The number of ether oxygens (including phenoxy) is 1. The molecule has 1 aromatic rings. The molecule has 23 heavy (non-hydrogen) atoms. The maximum atomic E-state index is 5.29. The van der Waals surface area contributed by atoms with Gasteiger partial charge < -0.3 is 20.3 Å². The summed E-state index contributed by atoms with van der Waals surface area (Å²) in [5.74, 6) is 0.896. The van der Waals surface area contributed by atoms with Crippen molar-refractivity contribution in [2.24, 2.45) is 10.4 Å². The highest BCUT2D eigenvalue weighted by atomic mass is 127. The van der Waals surface area contributed by atoms with Gasteiger partial charge in [0.15, 0.2) is 5.96 Å². The molecule has 2 N–H and O–H groups in total. The highest BCUT2D eigenvalue weighted by molar-refractivity contribution is 14.0. The van der Waals surface area contributed by atoms with Gasteiger partial charge in [0, 0.05) is 43.8 Å². The average molecular weight is 430 g/mol. The summed E-state index contributed by atoms with van der Waals surface area (Å²) in [6.07, 6.45) is 1.13. The lowest BCUT2D eigenvalue weighted by Gasteiger charge is -2.38. The zero-order valence-electron chi connectivity index (χ0n) is 13.9. The van der Waals surface area contributed by atoms with Crippen molar-refractivity contribution in [3.8, 4) is 0 Å². The van der Waals surface area contributed by atoms with E-state index in [1.165, 1.54) is 5.69 Å². The number of halogens is 1. The maximum absolute atomic E-state index is 5.29. The van der Waals surface area contributed by atoms with E-state index in [0.29, 0.717) is 6.04 Å². The predicted molar refractivity (Wildman–Crippen MR) is 106 cm³/mol. The van der Waals surface area contributed by atoms with Crippen LogP contribution in [0.1, 0.15) is 13.3 Å². The molecule has 0 radical (unpaired) electrons. The smallest absolute Gasteiger partial charge is 0.191 e. The second-order valence-electron chi connectivity index (χ2n) is 6.64. The van der Waals surface area contributed by atoms with E-state index < -0.39 is 0 Å². The van der Waals surface area contributed by atoms with Crippen LogP contribution in [-0.2, 0) is 4.74 Å². The molecule has 2 aliphatic heterocycles. The topological polar surface area (TPSA) is 48.9 Å². The Morgan fingerprint density at radius 1 is 1.35 bits per heavy atom. The minimum atomic E-state index is 0. The molecule has 0 spiro atoms. The minimum absolute atomic E-state index is 0. The number of guanidine groups is 1. The van der Waals surface area contributed by atoms with Crippen molar-refractivity contribution < 1.29 is 4.74 Å². The van der Waals surface area contributed by atoms with Crippen LogP contribution in [0.15, 0.2) is 35.3 Å². The molecule has 0 aliphatic carbocycles. The van der Waals surface area contributed by atoms with E-state index >= 15 is 0 Å². The summed E-state index contributed by atoms with van der Waals surface area (Å²) in [6.45, 7) is 6.92. The van der Waals surface area contributed by atoms with Crippen LogP contribution in [0.3, 0.4) is 0 Å². The molecule has 1 unspecified atom stereocenters. The molecule has 0 amide bonds. The van der Waals surface area contributed by atoms with Gasteiger partial charge in [0.1, 0.15) is 0 Å². The number of anilines is 1. The second-order valence-corrected chi connectivity index (χ2v) is 6.64. The summed E-state index contributed by atoms with van der Waals surface area (Å²) >= 11 is 0. The van der Waals surface area contributed by atoms with Crippen molar-refractivity contribution in [1.82, 2.24) is 10.6 Å². The normalized spacial score (nSPS) is 23.0. The van der Waals surface area contributed by atoms with E-state index in [1.807, 2.05) is 7.05 Å². The Morgan fingerprint density at radius 2 is 2.09 bits per heavy atom. The molecule has 1 aromatic carbocycles. The lowest BCUT2D eigenvalue weighted by Crippen LogP contribution is -2.52. The highest BCUT2D eigenvalue weighted by Crippen LogP contribution is 2.25. The Hall–Kier alpha value is -1.02. The van der Waals surface area contributed by atoms with Gasteiger partial charge in [-0.05, 0) is 18.6 Å². The van der Waals surface area contributed by atoms with Crippen molar-refractivity contribution in [2.75, 3.05) is 44.8 Å². The summed E-state index contributed by atoms with van der Waals surface area (Å²) in [4.78, 5) is 6.77. The second kappa shape index (κ2) is 8.19. The van der Waals surface area contributed by atoms with Crippen molar-refractivity contribution in [2.45, 2.75) is 19.4 Å². The number of para-hydroxylation sites is 1. The molecule has 2 aliphatic rings. The third-order valence-corrected chi connectivity index (χ3v) is 4.46. The molecule has 1 atom stereocenters. The average Bonchev–Trinajstić information content (AvgIpc) is 2.99. The van der Waals surface area contributed by atoms with Gasteiger partial charge in [0.2, 0.25) is 0 Å². The van der Waals surface area contributed by atoms with Crippen molar-refractivity contribution in [3.63, 3.8) is 0 Å². The number of nitrogens with zero attached hydrogens (tertiary/aromatic N) is 2. The number of aliphatic imine (C=N–C) groups is 1. The fourth-order valence-corrected chi connectivity index (χ4v) is 2.99. The van der Waals surface area contributed by atoms with Crippen LogP contribution in [0.4, 0.5) is 5.69 Å². The van der Waals surface area contributed by atoms with Crippen molar-refractivity contribution in [3.05, 3.63) is 30.3 Å². The summed E-state index contributed by atoms with van der Waals surface area (Å²) in [7, 11) is 1.83. The summed E-state index contributed by atoms with van der Waals surface area (Å²) in [5, 5.41) is 6.98. The SMILES string of the molecule is CN=C(NCC1(C)COC1)NC1CCN(c2ccccc2)C1.I. The van der Waals surface area contributed by atoms with Gasteiger partial charge >= 0.3 is 0 Å². The Balaban J connectivity index is 0.00000192. The molecule has 2 heterocycles. The largest absolute Gasteiger partial charge is 0.380 e. The Labute approximate surface area is 155 Å². The molecule has 0 aromatic heterocycles. The molecular weight excluding hydrogens is 403 g/mol. The monoisotopic (exact) mass is 430 g/mol. The summed E-state index contributed by atoms with van der Waals surface area (Å²) in [6, 6.07) is 11.0. The third-order valence-electron chi connectivity index (χ3n) is 4.46. The molecule has 2 fully saturated rings. The third kappa shape index (κ3) is 4.73. The summed E-state index contributed by atoms with van der Waals surface area (Å²) in [5.41, 5.74) is 1.55. The fraction of sp³-hybridized carbons (Fsp3) is 0.588. The van der Waals surface area contributed by atoms with Gasteiger partial charge in [-0.2, -0.15) is 0 Å². The molecule has 128 valence electrons. The molecule has 6 heteroatoms. The Kier molecular flexibility index (Phi) is 6.52. The van der Waals surface area contributed by atoms with E-state index in [9.17, 15) is 0 Å². The van der Waals surface area contributed by atoms with Gasteiger partial charge in [-0.25, -0.2) is 0 Å². The standard InChI is InChI=1S/C17H26N4O.HI/c1-17(12-22-13-17)11-19-16(18-2)20-14-8-9-21(10-14)15-6-4-3-5-7-15;/h3-7,14H,8-13H2,1-2H3,(H2,18,19,20);1H. The first-order valence-corrected chi connectivity index (χ1v) is 8.03. The molecule has 2 saturated heterocycles. The van der Waals surface area contributed by atoms with Crippen LogP contribution >= 0.6 is 24.0 Å². The molecule has 0 bridgehead atoms. The van der Waals surface area contributed by atoms with Gasteiger partial charge in [-0.15, -0.1) is 24.0 Å². The van der Waals surface area contributed by atoms with Crippen LogP contribution in [-0.4, -0.2) is 51.9 Å². The first-order valence-electron chi connectivity index (χ1n) is 8.03. The van der Waals surface area contributed by atoms with Crippen LogP contribution in [0.5, 0.6) is 0 Å². The molecular formula is C17H27IN4O. The Bertz CT molecular complexity index is 519. The number of hydrogen-bond acceptors (Lipinski definition) is 3. The lowest BCUT2D eigenvalue weighted by molar-refractivity contribution is -0.0971. The molecule has 3 rings (SSSR count). The number of nitrogens with one attached hydrogen (secondary N) is 2. The quantitative estimate of drug-likeness (QED) is 0.437. The maximum Gasteiger partial charge on any atom is 0.191 e. The van der Waals surface area contributed by atoms with Crippen LogP contribution in [0.2, 0.25) is 0 Å². The van der Waals surface area contributed by atoms with Gasteiger partial charge in [0.05, 0.1) is 13.2 Å². The zero-order valence-corrected chi connectivity index (χ0v) is 16.2. The first kappa shape index (κ1) is 18.3. The van der Waals surface area contributed by atoms with E-state index in [4.69, 9.17) is 4.74 Å². The number of hydrogen-bond donors (Lipinski definition) is 2. The highest BCUT2D eigenvalue weighted by Gasteiger charge is 2.33. The van der Waals surface area contributed by atoms with Crippen LogP contribution < -0.4 is 15.5 Å². The van der Waals surface area contributed by atoms with E-state index in [1.54, 1.807) is 0 Å². The minimum Gasteiger partial charge on any atom is -0.380 e. The van der Waals surface area contributed by atoms with Gasteiger partial charge in [-0.1, -0.05) is 25.1 Å². The van der Waals surface area contributed by atoms with Crippen molar-refractivity contribution >= 4 is 35.6 Å². The molecule has 5 nitrogen and oxygen atoms in total. The van der Waals surface area contributed by atoms with Crippen molar-refractivity contribution in [1.29, 1.82) is 0 Å². The lowest BCUT2D eigenvalue weighted by atomic mass is 9.89. The Morgan fingerprint density at radius 3 is 2.70 bits per heavy atom.